The van der Waals surface area contributed by atoms with Gasteiger partial charge in [-0.05, 0) is 38.1 Å². The van der Waals surface area contributed by atoms with Gasteiger partial charge >= 0.3 is 0 Å². The van der Waals surface area contributed by atoms with Crippen molar-refractivity contribution in [2.75, 3.05) is 18.8 Å². The third kappa shape index (κ3) is 3.59. The molecule has 1 aliphatic rings. The molecular weight excluding hydrogens is 384 g/mol. The van der Waals surface area contributed by atoms with E-state index in [2.05, 4.69) is 20.4 Å². The summed E-state index contributed by atoms with van der Waals surface area (Å²) in [5, 5.41) is 8.44. The van der Waals surface area contributed by atoms with Crippen molar-refractivity contribution in [3.63, 3.8) is 0 Å². The van der Waals surface area contributed by atoms with Gasteiger partial charge in [0.2, 0.25) is 0 Å². The number of fused-ring (bicyclic) bond motifs is 1. The monoisotopic (exact) mass is 404 g/mol. The molecule has 3 N–H and O–H groups in total. The van der Waals surface area contributed by atoms with Gasteiger partial charge in [0.15, 0.2) is 0 Å². The maximum absolute atomic E-state index is 6.33. The lowest BCUT2D eigenvalue weighted by Crippen LogP contribution is -2.34. The number of nitrogens with zero attached hydrogens (tertiary/aromatic N) is 4. The van der Waals surface area contributed by atoms with E-state index in [1.807, 2.05) is 31.6 Å². The van der Waals surface area contributed by atoms with Gasteiger partial charge in [0.1, 0.15) is 24.0 Å². The molecule has 0 radical (unpaired) electrons. The van der Waals surface area contributed by atoms with Crippen LogP contribution in [0.2, 0.25) is 0 Å². The van der Waals surface area contributed by atoms with Crippen LogP contribution in [-0.2, 0) is 7.05 Å². The Bertz CT molecular complexity index is 875. The van der Waals surface area contributed by atoms with Crippen molar-refractivity contribution in [3.05, 3.63) is 30.9 Å². The number of nitrogens with one attached hydrogen (secondary N) is 1. The van der Waals surface area contributed by atoms with Crippen molar-refractivity contribution in [1.82, 2.24) is 25.1 Å². The van der Waals surface area contributed by atoms with Crippen molar-refractivity contribution in [2.45, 2.75) is 18.9 Å². The molecule has 8 heteroatoms. The van der Waals surface area contributed by atoms with Crippen LogP contribution in [0.25, 0.3) is 22.0 Å². The van der Waals surface area contributed by atoms with Crippen molar-refractivity contribution < 1.29 is 4.74 Å². The normalized spacial score (nSPS) is 15.1. The minimum atomic E-state index is 0. The average molecular weight is 405 g/mol. The van der Waals surface area contributed by atoms with E-state index in [9.17, 15) is 0 Å². The van der Waals surface area contributed by atoms with Gasteiger partial charge in [0.05, 0.1) is 11.7 Å². The Labute approximate surface area is 156 Å². The molecule has 25 heavy (non-hydrogen) atoms. The van der Waals surface area contributed by atoms with E-state index in [4.69, 9.17) is 10.5 Å². The Morgan fingerprint density at radius 1 is 1.24 bits per heavy atom. The number of nitrogens with two attached hydrogens (primary N) is 1. The highest BCUT2D eigenvalue weighted by Gasteiger charge is 2.19. The minimum Gasteiger partial charge on any atom is -0.490 e. The summed E-state index contributed by atoms with van der Waals surface area (Å²) < 4.78 is 8.11. The molecule has 1 aliphatic heterocycles. The molecule has 132 valence electrons. The van der Waals surface area contributed by atoms with Crippen LogP contribution >= 0.6 is 17.0 Å². The summed E-state index contributed by atoms with van der Waals surface area (Å²) in [5.41, 5.74) is 8.80. The summed E-state index contributed by atoms with van der Waals surface area (Å²) in [6.45, 7) is 1.96. The van der Waals surface area contributed by atoms with Gasteiger partial charge in [0.25, 0.3) is 0 Å². The quantitative estimate of drug-likeness (QED) is 0.695. The lowest BCUT2D eigenvalue weighted by molar-refractivity contribution is 0.163. The number of benzene rings is 1. The van der Waals surface area contributed by atoms with Crippen LogP contribution in [-0.4, -0.2) is 38.9 Å². The molecule has 0 saturated carbocycles. The summed E-state index contributed by atoms with van der Waals surface area (Å²) in [4.78, 5) is 8.43. The van der Waals surface area contributed by atoms with E-state index in [1.165, 1.54) is 6.33 Å². The van der Waals surface area contributed by atoms with E-state index < -0.39 is 0 Å². The summed E-state index contributed by atoms with van der Waals surface area (Å²) in [7, 11) is 1.90. The van der Waals surface area contributed by atoms with E-state index in [0.717, 1.165) is 53.7 Å². The Morgan fingerprint density at radius 2 is 2.04 bits per heavy atom. The second kappa shape index (κ2) is 7.37. The number of piperidine rings is 1. The zero-order chi connectivity index (χ0) is 16.5. The van der Waals surface area contributed by atoms with Crippen molar-refractivity contribution in [2.24, 2.45) is 7.05 Å². The second-order valence-corrected chi connectivity index (χ2v) is 6.09. The molecule has 0 spiro atoms. The molecule has 2 aromatic heterocycles. The summed E-state index contributed by atoms with van der Waals surface area (Å²) in [6.07, 6.45) is 7.47. The molecule has 1 fully saturated rings. The van der Waals surface area contributed by atoms with Crippen molar-refractivity contribution in [3.8, 4) is 16.9 Å². The van der Waals surface area contributed by atoms with Crippen molar-refractivity contribution in [1.29, 1.82) is 0 Å². The first-order valence-corrected chi connectivity index (χ1v) is 8.11. The highest BCUT2D eigenvalue weighted by Crippen LogP contribution is 2.36. The molecule has 4 rings (SSSR count). The number of halogens is 1. The van der Waals surface area contributed by atoms with E-state index >= 15 is 0 Å². The Hall–Kier alpha value is -2.19. The van der Waals surface area contributed by atoms with Gasteiger partial charge in [-0.25, -0.2) is 9.97 Å². The first kappa shape index (κ1) is 17.6. The van der Waals surface area contributed by atoms with Gasteiger partial charge in [-0.2, -0.15) is 5.10 Å². The Kier molecular flexibility index (Phi) is 5.19. The van der Waals surface area contributed by atoms with Gasteiger partial charge in [-0.15, -0.1) is 17.0 Å². The number of nitrogen functional groups attached to an aromatic ring is 1. The molecule has 0 aliphatic carbocycles. The third-order valence-electron chi connectivity index (χ3n) is 4.36. The fourth-order valence-corrected chi connectivity index (χ4v) is 3.08. The topological polar surface area (TPSA) is 90.9 Å². The SMILES string of the molecule is Br.Cn1cc(-c2cc3ncnc(N)c3cc2OC2CCNCC2)cn1. The number of ether oxygens (including phenoxy) is 1. The van der Waals surface area contributed by atoms with E-state index in [-0.39, 0.29) is 23.1 Å². The fourth-order valence-electron chi connectivity index (χ4n) is 3.08. The maximum atomic E-state index is 6.33. The fraction of sp³-hybridized carbons (Fsp3) is 0.353. The first-order valence-electron chi connectivity index (χ1n) is 8.11. The van der Waals surface area contributed by atoms with E-state index in [1.54, 1.807) is 4.68 Å². The molecule has 0 bridgehead atoms. The van der Waals surface area contributed by atoms with Crippen molar-refractivity contribution >= 4 is 33.7 Å². The molecule has 0 atom stereocenters. The molecule has 1 aromatic carbocycles. The van der Waals surface area contributed by atoms with Gasteiger partial charge in [0, 0.05) is 29.8 Å². The van der Waals surface area contributed by atoms with Crippen LogP contribution in [0.3, 0.4) is 0 Å². The van der Waals surface area contributed by atoms with Crippen LogP contribution in [0.1, 0.15) is 12.8 Å². The van der Waals surface area contributed by atoms with Gasteiger partial charge in [-0.1, -0.05) is 0 Å². The van der Waals surface area contributed by atoms with Crippen LogP contribution in [0.5, 0.6) is 5.75 Å². The molecule has 3 aromatic rings. The third-order valence-corrected chi connectivity index (χ3v) is 4.36. The smallest absolute Gasteiger partial charge is 0.134 e. The Morgan fingerprint density at radius 3 is 2.76 bits per heavy atom. The number of anilines is 1. The zero-order valence-electron chi connectivity index (χ0n) is 14.0. The molecule has 0 unspecified atom stereocenters. The van der Waals surface area contributed by atoms with Crippen LogP contribution in [0, 0.1) is 0 Å². The maximum Gasteiger partial charge on any atom is 0.134 e. The summed E-state index contributed by atoms with van der Waals surface area (Å²) in [5.74, 6) is 1.27. The summed E-state index contributed by atoms with van der Waals surface area (Å²) >= 11 is 0. The molecule has 7 nitrogen and oxygen atoms in total. The summed E-state index contributed by atoms with van der Waals surface area (Å²) in [6, 6.07) is 3.95. The Balaban J connectivity index is 0.00000182. The molecule has 3 heterocycles. The second-order valence-electron chi connectivity index (χ2n) is 6.09. The highest BCUT2D eigenvalue weighted by atomic mass is 79.9. The van der Waals surface area contributed by atoms with Gasteiger partial charge < -0.3 is 15.8 Å². The van der Waals surface area contributed by atoms with E-state index in [0.29, 0.717) is 5.82 Å². The van der Waals surface area contributed by atoms with Crippen LogP contribution in [0.4, 0.5) is 5.82 Å². The van der Waals surface area contributed by atoms with Gasteiger partial charge in [-0.3, -0.25) is 4.68 Å². The average Bonchev–Trinajstić information content (AvgIpc) is 3.02. The largest absolute Gasteiger partial charge is 0.490 e. The predicted octanol–water partition coefficient (Wildman–Crippen LogP) is 2.32. The zero-order valence-corrected chi connectivity index (χ0v) is 15.7. The minimum absolute atomic E-state index is 0. The van der Waals surface area contributed by atoms with Crippen LogP contribution in [0.15, 0.2) is 30.9 Å². The number of rotatable bonds is 3. The standard InChI is InChI=1S/C17H20N6O.BrH/c1-23-9-11(8-22-23)13-6-15-14(17(18)21-10-20-15)7-16(13)24-12-2-4-19-5-3-12;/h6-10,12,19H,2-5H2,1H3,(H2,18,20,21);1H. The molecular formula is C17H21BrN6O. The number of hydrogen-bond donors (Lipinski definition) is 2. The lowest BCUT2D eigenvalue weighted by Gasteiger charge is -2.25. The molecule has 0 amide bonds. The number of hydrogen-bond acceptors (Lipinski definition) is 6. The highest BCUT2D eigenvalue weighted by molar-refractivity contribution is 8.93. The first-order chi connectivity index (χ1) is 11.7. The number of aryl methyl sites for hydroxylation is 1. The predicted molar refractivity (Wildman–Crippen MR) is 103 cm³/mol. The molecule has 1 saturated heterocycles. The number of aromatic nitrogens is 4. The lowest BCUT2D eigenvalue weighted by atomic mass is 10.0. The van der Waals surface area contributed by atoms with Crippen LogP contribution < -0.4 is 15.8 Å².